The fourth-order valence-corrected chi connectivity index (χ4v) is 1.52. The van der Waals surface area contributed by atoms with E-state index >= 15 is 0 Å². The third kappa shape index (κ3) is 2.06. The molecule has 1 aromatic heterocycles. The smallest absolute Gasteiger partial charge is 0.262 e. The highest BCUT2D eigenvalue weighted by Gasteiger charge is 2.06. The van der Waals surface area contributed by atoms with Crippen molar-refractivity contribution < 1.29 is 4.92 Å². The van der Waals surface area contributed by atoms with E-state index in [2.05, 4.69) is 4.98 Å². The molecule has 0 radical (unpaired) electrons. The Kier molecular flexibility index (Phi) is 2.64. The Bertz CT molecular complexity index is 538. The molecule has 0 aliphatic heterocycles. The number of rotatable bonds is 2. The van der Waals surface area contributed by atoms with Crippen LogP contribution in [0.25, 0.3) is 11.1 Å². The molecule has 2 rings (SSSR count). The van der Waals surface area contributed by atoms with E-state index in [-0.39, 0.29) is 5.69 Å². The molecule has 4 nitrogen and oxygen atoms in total. The highest BCUT2D eigenvalue weighted by Crippen LogP contribution is 2.23. The average Bonchev–Trinajstić information content (AvgIpc) is 2.29. The summed E-state index contributed by atoms with van der Waals surface area (Å²) in [6.45, 7) is 1.89. The molecule has 1 aromatic carbocycles. The molecule has 0 atom stereocenters. The molecule has 0 aliphatic rings. The van der Waals surface area contributed by atoms with Crippen molar-refractivity contribution in [2.24, 2.45) is 0 Å². The number of non-ortho nitro benzene ring substituents is 1. The number of hydrogen-bond acceptors (Lipinski definition) is 3. The molecule has 0 spiro atoms. The fraction of sp³-hybridized carbons (Fsp3) is 0.0833. The maximum atomic E-state index is 10.6. The van der Waals surface area contributed by atoms with Gasteiger partial charge in [-0.3, -0.25) is 15.1 Å². The van der Waals surface area contributed by atoms with Crippen LogP contribution in [0.15, 0.2) is 42.6 Å². The molecule has 0 amide bonds. The first-order valence-electron chi connectivity index (χ1n) is 4.84. The Balaban J connectivity index is 2.48. The van der Waals surface area contributed by atoms with Gasteiger partial charge in [-0.25, -0.2) is 0 Å². The van der Waals surface area contributed by atoms with E-state index in [9.17, 15) is 10.1 Å². The summed E-state index contributed by atoms with van der Waals surface area (Å²) in [7, 11) is 0. The van der Waals surface area contributed by atoms with Crippen LogP contribution in [-0.4, -0.2) is 9.91 Å². The van der Waals surface area contributed by atoms with Gasteiger partial charge in [-0.05, 0) is 30.2 Å². The van der Waals surface area contributed by atoms with Gasteiger partial charge >= 0.3 is 0 Å². The monoisotopic (exact) mass is 214 g/mol. The third-order valence-electron chi connectivity index (χ3n) is 2.29. The second kappa shape index (κ2) is 4.10. The molecule has 4 heteroatoms. The first-order valence-corrected chi connectivity index (χ1v) is 4.84. The van der Waals surface area contributed by atoms with Crippen LogP contribution in [0.3, 0.4) is 0 Å². The van der Waals surface area contributed by atoms with Gasteiger partial charge in [-0.1, -0.05) is 12.1 Å². The molecule has 2 aromatic rings. The normalized spacial score (nSPS) is 10.1. The minimum absolute atomic E-state index is 0.104. The van der Waals surface area contributed by atoms with Crippen LogP contribution in [0.5, 0.6) is 0 Å². The van der Waals surface area contributed by atoms with E-state index in [1.807, 2.05) is 25.1 Å². The number of pyridine rings is 1. The molecule has 0 unspecified atom stereocenters. The third-order valence-corrected chi connectivity index (χ3v) is 2.29. The van der Waals surface area contributed by atoms with Crippen molar-refractivity contribution in [2.75, 3.05) is 0 Å². The maximum Gasteiger partial charge on any atom is 0.270 e. The summed E-state index contributed by atoms with van der Waals surface area (Å²) in [5, 5.41) is 10.6. The Hall–Kier alpha value is -2.23. The van der Waals surface area contributed by atoms with Crippen LogP contribution in [0.2, 0.25) is 0 Å². The van der Waals surface area contributed by atoms with E-state index in [0.29, 0.717) is 0 Å². The lowest BCUT2D eigenvalue weighted by Gasteiger charge is -2.01. The van der Waals surface area contributed by atoms with Gasteiger partial charge in [0.2, 0.25) is 0 Å². The van der Waals surface area contributed by atoms with E-state index < -0.39 is 4.92 Å². The molecule has 0 aliphatic carbocycles. The van der Waals surface area contributed by atoms with Gasteiger partial charge in [0, 0.05) is 24.0 Å². The van der Waals surface area contributed by atoms with Crippen molar-refractivity contribution in [2.45, 2.75) is 6.92 Å². The summed E-state index contributed by atoms with van der Waals surface area (Å²) in [6, 6.07) is 10.3. The largest absolute Gasteiger partial charge is 0.270 e. The molecule has 0 bridgehead atoms. The summed E-state index contributed by atoms with van der Waals surface area (Å²) in [6.07, 6.45) is 1.70. The van der Waals surface area contributed by atoms with Gasteiger partial charge in [-0.2, -0.15) is 0 Å². The second-order valence-electron chi connectivity index (χ2n) is 3.49. The SMILES string of the molecule is Cc1cc(-c2cccc([N+](=O)[O-])c2)ccn1. The highest BCUT2D eigenvalue weighted by atomic mass is 16.6. The zero-order valence-electron chi connectivity index (χ0n) is 8.75. The lowest BCUT2D eigenvalue weighted by Crippen LogP contribution is -1.88. The Labute approximate surface area is 92.7 Å². The summed E-state index contributed by atoms with van der Waals surface area (Å²) in [5.74, 6) is 0. The Morgan fingerprint density at radius 2 is 1.94 bits per heavy atom. The lowest BCUT2D eigenvalue weighted by atomic mass is 10.1. The topological polar surface area (TPSA) is 56.0 Å². The first-order chi connectivity index (χ1) is 7.66. The van der Waals surface area contributed by atoms with Crippen LogP contribution >= 0.6 is 0 Å². The van der Waals surface area contributed by atoms with Crippen LogP contribution in [0.4, 0.5) is 5.69 Å². The van der Waals surface area contributed by atoms with E-state index in [0.717, 1.165) is 16.8 Å². The standard InChI is InChI=1S/C12H10N2O2/c1-9-7-11(5-6-13-9)10-3-2-4-12(8-10)14(15)16/h2-8H,1H3. The molecular formula is C12H10N2O2. The van der Waals surface area contributed by atoms with Gasteiger partial charge < -0.3 is 0 Å². The minimum atomic E-state index is -0.391. The van der Waals surface area contributed by atoms with E-state index in [1.54, 1.807) is 18.3 Å². The number of nitro groups is 1. The molecule has 0 saturated heterocycles. The summed E-state index contributed by atoms with van der Waals surface area (Å²) < 4.78 is 0. The van der Waals surface area contributed by atoms with E-state index in [1.165, 1.54) is 6.07 Å². The zero-order valence-corrected chi connectivity index (χ0v) is 8.75. The number of benzene rings is 1. The number of aryl methyl sites for hydroxylation is 1. The first kappa shape index (κ1) is 10.3. The number of aromatic nitrogens is 1. The second-order valence-corrected chi connectivity index (χ2v) is 3.49. The van der Waals surface area contributed by atoms with Crippen LogP contribution < -0.4 is 0 Å². The number of nitrogens with zero attached hydrogens (tertiary/aromatic N) is 2. The van der Waals surface area contributed by atoms with E-state index in [4.69, 9.17) is 0 Å². The summed E-state index contributed by atoms with van der Waals surface area (Å²) >= 11 is 0. The summed E-state index contributed by atoms with van der Waals surface area (Å²) in [5.41, 5.74) is 2.77. The molecular weight excluding hydrogens is 204 g/mol. The van der Waals surface area contributed by atoms with Gasteiger partial charge in [0.05, 0.1) is 4.92 Å². The van der Waals surface area contributed by atoms with Crippen LogP contribution in [-0.2, 0) is 0 Å². The van der Waals surface area contributed by atoms with Crippen molar-refractivity contribution >= 4 is 5.69 Å². The Morgan fingerprint density at radius 3 is 2.62 bits per heavy atom. The molecule has 0 N–H and O–H groups in total. The van der Waals surface area contributed by atoms with Crippen molar-refractivity contribution in [3.8, 4) is 11.1 Å². The van der Waals surface area contributed by atoms with Crippen LogP contribution in [0.1, 0.15) is 5.69 Å². The van der Waals surface area contributed by atoms with Crippen molar-refractivity contribution in [1.29, 1.82) is 0 Å². The van der Waals surface area contributed by atoms with Crippen molar-refractivity contribution in [3.63, 3.8) is 0 Å². The average molecular weight is 214 g/mol. The maximum absolute atomic E-state index is 10.6. The van der Waals surface area contributed by atoms with Gasteiger partial charge in [0.1, 0.15) is 0 Å². The zero-order chi connectivity index (χ0) is 11.5. The molecule has 16 heavy (non-hydrogen) atoms. The van der Waals surface area contributed by atoms with Gasteiger partial charge in [0.15, 0.2) is 0 Å². The lowest BCUT2D eigenvalue weighted by molar-refractivity contribution is -0.384. The van der Waals surface area contributed by atoms with Crippen LogP contribution in [0, 0.1) is 17.0 Å². The Morgan fingerprint density at radius 1 is 1.19 bits per heavy atom. The predicted octanol–water partition coefficient (Wildman–Crippen LogP) is 2.97. The van der Waals surface area contributed by atoms with Gasteiger partial charge in [0.25, 0.3) is 5.69 Å². The number of nitro benzene ring substituents is 1. The highest BCUT2D eigenvalue weighted by molar-refractivity contribution is 5.66. The number of hydrogen-bond donors (Lipinski definition) is 0. The molecule has 80 valence electrons. The predicted molar refractivity (Wildman–Crippen MR) is 61.1 cm³/mol. The minimum Gasteiger partial charge on any atom is -0.262 e. The van der Waals surface area contributed by atoms with Gasteiger partial charge in [-0.15, -0.1) is 0 Å². The quantitative estimate of drug-likeness (QED) is 0.570. The fourth-order valence-electron chi connectivity index (χ4n) is 1.52. The summed E-state index contributed by atoms with van der Waals surface area (Å²) in [4.78, 5) is 14.3. The molecule has 0 fully saturated rings. The molecule has 0 saturated carbocycles. The van der Waals surface area contributed by atoms with Crippen molar-refractivity contribution in [3.05, 3.63) is 58.4 Å². The van der Waals surface area contributed by atoms with Crippen molar-refractivity contribution in [1.82, 2.24) is 4.98 Å². The molecule has 1 heterocycles.